The number of hydrogen-bond acceptors (Lipinski definition) is 2. The van der Waals surface area contributed by atoms with Crippen LogP contribution in [0.25, 0.3) is 10.8 Å². The van der Waals surface area contributed by atoms with Gasteiger partial charge in [-0.3, -0.25) is 0 Å². The molecule has 0 heterocycles. The molecule has 16 heavy (non-hydrogen) atoms. The van der Waals surface area contributed by atoms with Crippen LogP contribution in [0.15, 0.2) is 36.4 Å². The molecule has 0 saturated carbocycles. The zero-order chi connectivity index (χ0) is 11.5. The monoisotopic (exact) mass is 216 g/mol. The smallest absolute Gasteiger partial charge is 0.0791 e. The van der Waals surface area contributed by atoms with Crippen LogP contribution in [-0.2, 0) is 6.61 Å². The van der Waals surface area contributed by atoms with Gasteiger partial charge in [0.05, 0.1) is 12.7 Å². The number of rotatable bonds is 3. The van der Waals surface area contributed by atoms with Crippen LogP contribution >= 0.6 is 0 Å². The summed E-state index contributed by atoms with van der Waals surface area (Å²) in [4.78, 5) is 0. The Labute approximate surface area is 95.2 Å². The van der Waals surface area contributed by atoms with Gasteiger partial charge in [-0.2, -0.15) is 0 Å². The van der Waals surface area contributed by atoms with Crippen LogP contribution in [0, 0.1) is 0 Å². The molecule has 2 N–H and O–H groups in total. The Morgan fingerprint density at radius 2 is 1.75 bits per heavy atom. The summed E-state index contributed by atoms with van der Waals surface area (Å²) in [5.41, 5.74) is 1.65. The van der Waals surface area contributed by atoms with E-state index >= 15 is 0 Å². The number of benzene rings is 2. The van der Waals surface area contributed by atoms with Gasteiger partial charge < -0.3 is 10.2 Å². The second-order valence-electron chi connectivity index (χ2n) is 3.98. The van der Waals surface area contributed by atoms with Gasteiger partial charge in [0.2, 0.25) is 0 Å². The van der Waals surface area contributed by atoms with Crippen LogP contribution in [-0.4, -0.2) is 10.2 Å². The number of fused-ring (bicyclic) bond motifs is 1. The van der Waals surface area contributed by atoms with Gasteiger partial charge in [-0.25, -0.2) is 0 Å². The first-order valence-electron chi connectivity index (χ1n) is 5.56. The van der Waals surface area contributed by atoms with Crippen LogP contribution in [0.5, 0.6) is 0 Å². The minimum Gasteiger partial charge on any atom is -0.392 e. The topological polar surface area (TPSA) is 40.5 Å². The van der Waals surface area contributed by atoms with Gasteiger partial charge in [0, 0.05) is 0 Å². The summed E-state index contributed by atoms with van der Waals surface area (Å²) in [6.45, 7) is 1.90. The Kier molecular flexibility index (Phi) is 3.22. The molecule has 0 spiro atoms. The van der Waals surface area contributed by atoms with E-state index in [1.165, 1.54) is 0 Å². The third-order valence-electron chi connectivity index (χ3n) is 2.92. The fourth-order valence-electron chi connectivity index (χ4n) is 1.97. The van der Waals surface area contributed by atoms with E-state index in [1.807, 2.05) is 43.3 Å². The molecule has 0 aliphatic rings. The summed E-state index contributed by atoms with van der Waals surface area (Å²) >= 11 is 0. The van der Waals surface area contributed by atoms with Crippen LogP contribution in [0.1, 0.15) is 30.6 Å². The molecular weight excluding hydrogens is 200 g/mol. The van der Waals surface area contributed by atoms with Crippen molar-refractivity contribution in [1.29, 1.82) is 0 Å². The average Bonchev–Trinajstić information content (AvgIpc) is 2.36. The number of aliphatic hydroxyl groups excluding tert-OH is 2. The van der Waals surface area contributed by atoms with E-state index in [0.717, 1.165) is 21.9 Å². The fraction of sp³-hybridized carbons (Fsp3) is 0.286. The predicted molar refractivity (Wildman–Crippen MR) is 65.1 cm³/mol. The van der Waals surface area contributed by atoms with E-state index in [9.17, 15) is 10.2 Å². The van der Waals surface area contributed by atoms with Crippen LogP contribution < -0.4 is 0 Å². The maximum absolute atomic E-state index is 9.89. The molecule has 1 atom stereocenters. The van der Waals surface area contributed by atoms with Crippen molar-refractivity contribution >= 4 is 10.8 Å². The lowest BCUT2D eigenvalue weighted by atomic mass is 9.96. The number of hydrogen-bond donors (Lipinski definition) is 2. The molecule has 0 aromatic heterocycles. The third-order valence-corrected chi connectivity index (χ3v) is 2.92. The van der Waals surface area contributed by atoms with Gasteiger partial charge >= 0.3 is 0 Å². The molecule has 2 aromatic carbocycles. The highest BCUT2D eigenvalue weighted by Crippen LogP contribution is 2.26. The Hall–Kier alpha value is -1.38. The highest BCUT2D eigenvalue weighted by molar-refractivity contribution is 5.84. The predicted octanol–water partition coefficient (Wildman–Crippen LogP) is 2.78. The van der Waals surface area contributed by atoms with Crippen molar-refractivity contribution in [1.82, 2.24) is 0 Å². The molecule has 2 heteroatoms. The molecule has 0 saturated heterocycles. The lowest BCUT2D eigenvalue weighted by molar-refractivity contribution is 0.169. The fourth-order valence-corrected chi connectivity index (χ4v) is 1.97. The van der Waals surface area contributed by atoms with Gasteiger partial charge in [-0.1, -0.05) is 31.2 Å². The molecule has 2 aromatic rings. The highest BCUT2D eigenvalue weighted by Gasteiger charge is 2.11. The summed E-state index contributed by atoms with van der Waals surface area (Å²) in [6.07, 6.45) is 0.164. The van der Waals surface area contributed by atoms with Crippen molar-refractivity contribution in [2.75, 3.05) is 0 Å². The van der Waals surface area contributed by atoms with E-state index in [-0.39, 0.29) is 6.61 Å². The molecule has 0 amide bonds. The van der Waals surface area contributed by atoms with Gasteiger partial charge in [-0.05, 0) is 40.5 Å². The molecule has 2 nitrogen and oxygen atoms in total. The number of aliphatic hydroxyl groups is 2. The van der Waals surface area contributed by atoms with Gasteiger partial charge in [0.15, 0.2) is 0 Å². The molecule has 0 fully saturated rings. The first-order valence-corrected chi connectivity index (χ1v) is 5.56. The van der Waals surface area contributed by atoms with Crippen LogP contribution in [0.3, 0.4) is 0 Å². The second-order valence-corrected chi connectivity index (χ2v) is 3.98. The van der Waals surface area contributed by atoms with Crippen molar-refractivity contribution in [3.63, 3.8) is 0 Å². The Morgan fingerprint density at radius 1 is 1.12 bits per heavy atom. The summed E-state index contributed by atoms with van der Waals surface area (Å²) < 4.78 is 0. The zero-order valence-electron chi connectivity index (χ0n) is 9.35. The summed E-state index contributed by atoms with van der Waals surface area (Å²) in [7, 11) is 0. The van der Waals surface area contributed by atoms with Crippen molar-refractivity contribution in [2.45, 2.75) is 26.1 Å². The lowest BCUT2D eigenvalue weighted by Gasteiger charge is -2.14. The van der Waals surface area contributed by atoms with E-state index in [1.54, 1.807) is 0 Å². The second kappa shape index (κ2) is 4.64. The molecule has 0 aliphatic carbocycles. The van der Waals surface area contributed by atoms with Crippen molar-refractivity contribution in [3.05, 3.63) is 47.5 Å². The Balaban J connectivity index is 2.62. The minimum absolute atomic E-state index is 0.0305. The van der Waals surface area contributed by atoms with Crippen LogP contribution in [0.2, 0.25) is 0 Å². The Bertz CT molecular complexity index is 491. The minimum atomic E-state index is -0.494. The average molecular weight is 216 g/mol. The summed E-state index contributed by atoms with van der Waals surface area (Å²) in [6, 6.07) is 11.9. The van der Waals surface area contributed by atoms with E-state index in [0.29, 0.717) is 6.42 Å². The zero-order valence-corrected chi connectivity index (χ0v) is 9.35. The molecule has 84 valence electrons. The molecular formula is C14H16O2. The standard InChI is InChI=1S/C14H16O2/c1-2-14(16)13-8-11-6-4-3-5-10(11)7-12(13)9-15/h3-8,14-16H,2,9H2,1H3. The van der Waals surface area contributed by atoms with Crippen molar-refractivity contribution in [3.8, 4) is 0 Å². The maximum Gasteiger partial charge on any atom is 0.0791 e. The van der Waals surface area contributed by atoms with Crippen molar-refractivity contribution in [2.24, 2.45) is 0 Å². The van der Waals surface area contributed by atoms with Gasteiger partial charge in [0.1, 0.15) is 0 Å². The molecule has 0 radical (unpaired) electrons. The summed E-state index contributed by atoms with van der Waals surface area (Å²) in [5.74, 6) is 0. The molecule has 0 bridgehead atoms. The van der Waals surface area contributed by atoms with E-state index < -0.39 is 6.10 Å². The molecule has 1 unspecified atom stereocenters. The summed E-state index contributed by atoms with van der Waals surface area (Å²) in [5, 5.41) is 21.4. The third kappa shape index (κ3) is 1.94. The normalized spacial score (nSPS) is 12.9. The lowest BCUT2D eigenvalue weighted by Crippen LogP contribution is -2.01. The largest absolute Gasteiger partial charge is 0.392 e. The van der Waals surface area contributed by atoms with Crippen LogP contribution in [0.4, 0.5) is 0 Å². The first-order chi connectivity index (χ1) is 7.76. The van der Waals surface area contributed by atoms with E-state index in [2.05, 4.69) is 0 Å². The van der Waals surface area contributed by atoms with Gasteiger partial charge in [0.25, 0.3) is 0 Å². The quantitative estimate of drug-likeness (QED) is 0.828. The van der Waals surface area contributed by atoms with Crippen molar-refractivity contribution < 1.29 is 10.2 Å². The Morgan fingerprint density at radius 3 is 2.31 bits per heavy atom. The highest BCUT2D eigenvalue weighted by atomic mass is 16.3. The maximum atomic E-state index is 9.89. The molecule has 0 aliphatic heterocycles. The molecule has 2 rings (SSSR count). The SMILES string of the molecule is CCC(O)c1cc2ccccc2cc1CO. The van der Waals surface area contributed by atoms with E-state index in [4.69, 9.17) is 0 Å². The first kappa shape index (κ1) is 11.1. The van der Waals surface area contributed by atoms with Gasteiger partial charge in [-0.15, -0.1) is 0 Å².